The number of rotatable bonds is 3. The second-order valence-electron chi connectivity index (χ2n) is 6.81. The van der Waals surface area contributed by atoms with E-state index < -0.39 is 0 Å². The molecule has 0 spiro atoms. The number of amides is 1. The Morgan fingerprint density at radius 2 is 1.96 bits per heavy atom. The molecule has 0 aliphatic carbocycles. The van der Waals surface area contributed by atoms with E-state index in [0.29, 0.717) is 11.7 Å². The number of halogens is 1. The quantitative estimate of drug-likeness (QED) is 0.688. The molecule has 26 heavy (non-hydrogen) atoms. The van der Waals surface area contributed by atoms with Crippen LogP contribution >= 0.6 is 15.9 Å². The van der Waals surface area contributed by atoms with Crippen LogP contribution in [0.5, 0.6) is 0 Å². The molecular formula is C20H21BrN4O. The summed E-state index contributed by atoms with van der Waals surface area (Å²) in [5.41, 5.74) is 3.23. The van der Waals surface area contributed by atoms with Gasteiger partial charge in [-0.15, -0.1) is 0 Å². The van der Waals surface area contributed by atoms with Crippen LogP contribution in [0.2, 0.25) is 0 Å². The molecule has 1 unspecified atom stereocenters. The molecule has 4 rings (SSSR count). The van der Waals surface area contributed by atoms with E-state index in [1.165, 1.54) is 24.8 Å². The summed E-state index contributed by atoms with van der Waals surface area (Å²) in [6.07, 6.45) is 7.60. The third-order valence-electron chi connectivity index (χ3n) is 4.96. The zero-order valence-corrected chi connectivity index (χ0v) is 16.2. The standard InChI is InChI=1S/C20H21BrN4O/c1-24-11-3-2-4-18(24)14-5-10-19-23-17(13-25(19)12-14)20(26)22-16-8-6-15(21)7-9-16/h5-10,12-13,18H,2-4,11H2,1H3,(H,22,26). The summed E-state index contributed by atoms with van der Waals surface area (Å²) < 4.78 is 2.93. The molecule has 0 saturated carbocycles. The van der Waals surface area contributed by atoms with Gasteiger partial charge in [0.25, 0.3) is 5.91 Å². The van der Waals surface area contributed by atoms with Crippen molar-refractivity contribution in [3.63, 3.8) is 0 Å². The number of fused-ring (bicyclic) bond motifs is 1. The van der Waals surface area contributed by atoms with Crippen LogP contribution in [0, 0.1) is 0 Å². The fourth-order valence-corrected chi connectivity index (χ4v) is 3.80. The SMILES string of the molecule is CN1CCCCC1c1ccc2nc(C(=O)Nc3ccc(Br)cc3)cn2c1. The first-order chi connectivity index (χ1) is 12.6. The first-order valence-corrected chi connectivity index (χ1v) is 9.65. The predicted molar refractivity (Wildman–Crippen MR) is 107 cm³/mol. The van der Waals surface area contributed by atoms with E-state index in [2.05, 4.69) is 50.4 Å². The lowest BCUT2D eigenvalue weighted by Crippen LogP contribution is -2.29. The van der Waals surface area contributed by atoms with Crippen LogP contribution in [0.1, 0.15) is 41.4 Å². The van der Waals surface area contributed by atoms with Crippen molar-refractivity contribution in [1.82, 2.24) is 14.3 Å². The van der Waals surface area contributed by atoms with Crippen LogP contribution in [0.4, 0.5) is 5.69 Å². The highest BCUT2D eigenvalue weighted by molar-refractivity contribution is 9.10. The van der Waals surface area contributed by atoms with E-state index in [0.717, 1.165) is 22.4 Å². The highest BCUT2D eigenvalue weighted by Crippen LogP contribution is 2.29. The smallest absolute Gasteiger partial charge is 0.275 e. The summed E-state index contributed by atoms with van der Waals surface area (Å²) >= 11 is 3.39. The van der Waals surface area contributed by atoms with Gasteiger partial charge in [-0.1, -0.05) is 28.4 Å². The van der Waals surface area contributed by atoms with Crippen molar-refractivity contribution in [2.24, 2.45) is 0 Å². The highest BCUT2D eigenvalue weighted by Gasteiger charge is 2.21. The molecule has 0 radical (unpaired) electrons. The van der Waals surface area contributed by atoms with E-state index >= 15 is 0 Å². The fraction of sp³-hybridized carbons (Fsp3) is 0.300. The lowest BCUT2D eigenvalue weighted by Gasteiger charge is -2.32. The molecule has 1 fully saturated rings. The minimum atomic E-state index is -0.202. The van der Waals surface area contributed by atoms with Crippen molar-refractivity contribution in [3.8, 4) is 0 Å². The molecule has 1 amide bonds. The summed E-state index contributed by atoms with van der Waals surface area (Å²) in [6, 6.07) is 12.1. The van der Waals surface area contributed by atoms with E-state index in [9.17, 15) is 4.79 Å². The first-order valence-electron chi connectivity index (χ1n) is 8.86. The Hall–Kier alpha value is -2.18. The summed E-state index contributed by atoms with van der Waals surface area (Å²) in [6.45, 7) is 1.13. The lowest BCUT2D eigenvalue weighted by atomic mass is 9.97. The van der Waals surface area contributed by atoms with Crippen LogP contribution in [-0.4, -0.2) is 33.8 Å². The monoisotopic (exact) mass is 412 g/mol. The normalized spacial score (nSPS) is 18.2. The second-order valence-corrected chi connectivity index (χ2v) is 7.72. The first kappa shape index (κ1) is 17.2. The number of nitrogens with one attached hydrogen (secondary N) is 1. The van der Waals surface area contributed by atoms with Gasteiger partial charge in [0.2, 0.25) is 0 Å². The van der Waals surface area contributed by atoms with Gasteiger partial charge in [-0.3, -0.25) is 9.69 Å². The van der Waals surface area contributed by atoms with Crippen molar-refractivity contribution in [3.05, 3.63) is 64.5 Å². The van der Waals surface area contributed by atoms with Crippen molar-refractivity contribution < 1.29 is 4.79 Å². The van der Waals surface area contributed by atoms with Crippen LogP contribution in [-0.2, 0) is 0 Å². The summed E-state index contributed by atoms with van der Waals surface area (Å²) in [4.78, 5) is 19.4. The van der Waals surface area contributed by atoms with E-state index in [1.807, 2.05) is 34.7 Å². The molecule has 3 heterocycles. The largest absolute Gasteiger partial charge is 0.321 e. The number of benzene rings is 1. The van der Waals surface area contributed by atoms with Crippen LogP contribution < -0.4 is 5.32 Å². The van der Waals surface area contributed by atoms with E-state index in [4.69, 9.17) is 0 Å². The Morgan fingerprint density at radius 3 is 2.73 bits per heavy atom. The Kier molecular flexibility index (Phi) is 4.78. The third-order valence-corrected chi connectivity index (χ3v) is 5.49. The Labute approximate surface area is 161 Å². The summed E-state index contributed by atoms with van der Waals surface area (Å²) in [5.74, 6) is -0.202. The Balaban J connectivity index is 1.57. The molecule has 1 aliphatic heterocycles. The Bertz CT molecular complexity index is 935. The number of imidazole rings is 1. The molecule has 1 atom stereocenters. The van der Waals surface area contributed by atoms with Crippen molar-refractivity contribution in [2.75, 3.05) is 18.9 Å². The predicted octanol–water partition coefficient (Wildman–Crippen LogP) is 4.51. The lowest BCUT2D eigenvalue weighted by molar-refractivity contribution is 0.102. The van der Waals surface area contributed by atoms with Gasteiger partial charge in [0.15, 0.2) is 0 Å². The van der Waals surface area contributed by atoms with Crippen molar-refractivity contribution in [2.45, 2.75) is 25.3 Å². The molecule has 0 bridgehead atoms. The molecule has 5 nitrogen and oxygen atoms in total. The molecule has 134 valence electrons. The molecule has 1 saturated heterocycles. The number of carbonyl (C=O) groups excluding carboxylic acids is 1. The number of pyridine rings is 1. The van der Waals surface area contributed by atoms with Gasteiger partial charge in [0.05, 0.1) is 0 Å². The molecule has 3 aromatic rings. The van der Waals surface area contributed by atoms with Crippen LogP contribution in [0.3, 0.4) is 0 Å². The van der Waals surface area contributed by atoms with E-state index in [-0.39, 0.29) is 5.91 Å². The van der Waals surface area contributed by atoms with E-state index in [1.54, 1.807) is 6.20 Å². The maximum Gasteiger partial charge on any atom is 0.275 e. The zero-order valence-electron chi connectivity index (χ0n) is 14.7. The molecule has 2 aromatic heterocycles. The summed E-state index contributed by atoms with van der Waals surface area (Å²) in [7, 11) is 2.18. The number of hydrogen-bond acceptors (Lipinski definition) is 3. The van der Waals surface area contributed by atoms with Gasteiger partial charge < -0.3 is 9.72 Å². The maximum atomic E-state index is 12.5. The second kappa shape index (κ2) is 7.21. The van der Waals surface area contributed by atoms with Gasteiger partial charge in [-0.2, -0.15) is 0 Å². The number of nitrogens with zero attached hydrogens (tertiary/aromatic N) is 3. The van der Waals surface area contributed by atoms with Gasteiger partial charge in [-0.05, 0) is 62.3 Å². The topological polar surface area (TPSA) is 49.6 Å². The average molecular weight is 413 g/mol. The minimum absolute atomic E-state index is 0.202. The van der Waals surface area contributed by atoms with Crippen LogP contribution in [0.25, 0.3) is 5.65 Å². The van der Waals surface area contributed by atoms with Gasteiger partial charge >= 0.3 is 0 Å². The van der Waals surface area contributed by atoms with Crippen LogP contribution in [0.15, 0.2) is 53.3 Å². The molecule has 1 aromatic carbocycles. The number of aromatic nitrogens is 2. The number of anilines is 1. The van der Waals surface area contributed by atoms with Crippen molar-refractivity contribution in [1.29, 1.82) is 0 Å². The molecule has 1 N–H and O–H groups in total. The van der Waals surface area contributed by atoms with Gasteiger partial charge in [0.1, 0.15) is 11.3 Å². The van der Waals surface area contributed by atoms with Gasteiger partial charge in [0, 0.05) is 28.6 Å². The maximum absolute atomic E-state index is 12.5. The number of hydrogen-bond donors (Lipinski definition) is 1. The molecule has 1 aliphatic rings. The number of likely N-dealkylation sites (tertiary alicyclic amines) is 1. The average Bonchev–Trinajstić information content (AvgIpc) is 3.07. The zero-order chi connectivity index (χ0) is 18.1. The van der Waals surface area contributed by atoms with Gasteiger partial charge in [-0.25, -0.2) is 4.98 Å². The molecular weight excluding hydrogens is 392 g/mol. The Morgan fingerprint density at radius 1 is 1.15 bits per heavy atom. The third kappa shape index (κ3) is 3.52. The number of carbonyl (C=O) groups is 1. The highest BCUT2D eigenvalue weighted by atomic mass is 79.9. The fourth-order valence-electron chi connectivity index (χ4n) is 3.54. The minimum Gasteiger partial charge on any atom is -0.321 e. The molecule has 6 heteroatoms. The van der Waals surface area contributed by atoms with Crippen molar-refractivity contribution >= 4 is 33.2 Å². The number of piperidine rings is 1. The summed E-state index contributed by atoms with van der Waals surface area (Å²) in [5, 5.41) is 2.89.